The average molecular weight is 319 g/mol. The van der Waals surface area contributed by atoms with Crippen LogP contribution in [0.15, 0.2) is 75.8 Å². The fourth-order valence-electron chi connectivity index (χ4n) is 2.32. The minimum Gasteiger partial charge on any atom is -0.463 e. The van der Waals surface area contributed by atoms with Gasteiger partial charge in [-0.1, -0.05) is 36.4 Å². The van der Waals surface area contributed by atoms with Crippen LogP contribution in [0.4, 0.5) is 5.13 Å². The summed E-state index contributed by atoms with van der Waals surface area (Å²) in [6, 6.07) is 18.3. The minimum atomic E-state index is 0.698. The maximum Gasteiger partial charge on any atom is 0.203 e. The van der Waals surface area contributed by atoms with Crippen molar-refractivity contribution in [2.75, 3.05) is 5.43 Å². The standard InChI is InChI=1S/C18H13N3OS/c1-2-5-14-10-15(8-7-13(14)4-1)17-12-23-18(20-17)21-19-11-16-6-3-9-22-16/h1-12H,(H,20,21)/b19-11+. The molecule has 0 fully saturated rings. The van der Waals surface area contributed by atoms with E-state index in [2.05, 4.69) is 45.8 Å². The number of nitrogens with one attached hydrogen (secondary N) is 1. The van der Waals surface area contributed by atoms with Crippen LogP contribution in [0.25, 0.3) is 22.0 Å². The molecule has 23 heavy (non-hydrogen) atoms. The number of thiazole rings is 1. The topological polar surface area (TPSA) is 50.4 Å². The highest BCUT2D eigenvalue weighted by atomic mass is 32.1. The van der Waals surface area contributed by atoms with Crippen molar-refractivity contribution in [1.82, 2.24) is 4.98 Å². The highest BCUT2D eigenvalue weighted by molar-refractivity contribution is 7.14. The number of hydrogen-bond acceptors (Lipinski definition) is 5. The Bertz CT molecular complexity index is 957. The van der Waals surface area contributed by atoms with Crippen molar-refractivity contribution in [3.63, 3.8) is 0 Å². The van der Waals surface area contributed by atoms with Gasteiger partial charge in [-0.25, -0.2) is 4.98 Å². The molecule has 4 nitrogen and oxygen atoms in total. The quantitative estimate of drug-likeness (QED) is 0.425. The molecule has 0 aliphatic rings. The molecule has 0 atom stereocenters. The summed E-state index contributed by atoms with van der Waals surface area (Å²) in [6.07, 6.45) is 3.24. The van der Waals surface area contributed by atoms with E-state index in [1.54, 1.807) is 12.5 Å². The predicted molar refractivity (Wildman–Crippen MR) is 95.0 cm³/mol. The van der Waals surface area contributed by atoms with Crippen molar-refractivity contribution in [3.05, 3.63) is 72.0 Å². The van der Waals surface area contributed by atoms with E-state index < -0.39 is 0 Å². The number of hydrazone groups is 1. The molecule has 4 aromatic rings. The third-order valence-electron chi connectivity index (χ3n) is 3.44. The molecule has 4 rings (SSSR count). The number of aromatic nitrogens is 1. The van der Waals surface area contributed by atoms with Crippen molar-refractivity contribution >= 4 is 33.5 Å². The molecule has 0 spiro atoms. The molecule has 2 aromatic heterocycles. The predicted octanol–water partition coefficient (Wildman–Crippen LogP) is 5.00. The Morgan fingerprint density at radius 2 is 1.96 bits per heavy atom. The zero-order chi connectivity index (χ0) is 15.5. The van der Waals surface area contributed by atoms with Crippen molar-refractivity contribution in [1.29, 1.82) is 0 Å². The summed E-state index contributed by atoms with van der Waals surface area (Å²) in [7, 11) is 0. The van der Waals surface area contributed by atoms with E-state index in [1.165, 1.54) is 22.1 Å². The van der Waals surface area contributed by atoms with Crippen LogP contribution in [0.5, 0.6) is 0 Å². The van der Waals surface area contributed by atoms with Gasteiger partial charge in [-0.15, -0.1) is 11.3 Å². The molecule has 0 aliphatic heterocycles. The van der Waals surface area contributed by atoms with Crippen molar-refractivity contribution in [2.24, 2.45) is 5.10 Å². The first kappa shape index (κ1) is 13.7. The molecule has 112 valence electrons. The van der Waals surface area contributed by atoms with Gasteiger partial charge in [-0.2, -0.15) is 5.10 Å². The molecule has 5 heteroatoms. The van der Waals surface area contributed by atoms with Gasteiger partial charge in [0.25, 0.3) is 0 Å². The number of benzene rings is 2. The number of anilines is 1. The molecule has 2 aromatic carbocycles. The first-order chi connectivity index (χ1) is 11.4. The van der Waals surface area contributed by atoms with Crippen LogP contribution < -0.4 is 5.43 Å². The van der Waals surface area contributed by atoms with Crippen molar-refractivity contribution in [3.8, 4) is 11.3 Å². The molecule has 0 saturated heterocycles. The van der Waals surface area contributed by atoms with Crippen LogP contribution >= 0.6 is 11.3 Å². The van der Waals surface area contributed by atoms with Gasteiger partial charge in [0.1, 0.15) is 5.76 Å². The summed E-state index contributed by atoms with van der Waals surface area (Å²) >= 11 is 1.52. The molecule has 0 aliphatic carbocycles. The maximum absolute atomic E-state index is 5.18. The number of hydrogen-bond donors (Lipinski definition) is 1. The van der Waals surface area contributed by atoms with Crippen molar-refractivity contribution < 1.29 is 4.42 Å². The summed E-state index contributed by atoms with van der Waals surface area (Å²) in [5, 5.41) is 9.33. The molecule has 0 bridgehead atoms. The summed E-state index contributed by atoms with van der Waals surface area (Å²) in [6.45, 7) is 0. The largest absolute Gasteiger partial charge is 0.463 e. The van der Waals surface area contributed by atoms with E-state index in [0.29, 0.717) is 5.76 Å². The van der Waals surface area contributed by atoms with E-state index in [0.717, 1.165) is 16.4 Å². The second kappa shape index (κ2) is 6.06. The lowest BCUT2D eigenvalue weighted by Gasteiger charge is -2.00. The third-order valence-corrected chi connectivity index (χ3v) is 4.19. The van der Waals surface area contributed by atoms with Crippen LogP contribution in [-0.4, -0.2) is 11.2 Å². The fourth-order valence-corrected chi connectivity index (χ4v) is 2.99. The summed E-state index contributed by atoms with van der Waals surface area (Å²) in [5.74, 6) is 0.698. The molecular formula is C18H13N3OS. The normalized spacial score (nSPS) is 11.3. The van der Waals surface area contributed by atoms with Gasteiger partial charge in [0.15, 0.2) is 0 Å². The van der Waals surface area contributed by atoms with Gasteiger partial charge >= 0.3 is 0 Å². The zero-order valence-electron chi connectivity index (χ0n) is 12.1. The molecule has 0 unspecified atom stereocenters. The van der Waals surface area contributed by atoms with Gasteiger partial charge in [-0.3, -0.25) is 5.43 Å². The van der Waals surface area contributed by atoms with Gasteiger partial charge in [0, 0.05) is 10.9 Å². The van der Waals surface area contributed by atoms with Crippen LogP contribution in [0.1, 0.15) is 5.76 Å². The summed E-state index contributed by atoms with van der Waals surface area (Å²) < 4.78 is 5.18. The molecule has 0 saturated carbocycles. The molecule has 0 radical (unpaired) electrons. The average Bonchev–Trinajstić information content (AvgIpc) is 3.26. The van der Waals surface area contributed by atoms with Crippen LogP contribution in [0, 0.1) is 0 Å². The third kappa shape index (κ3) is 3.00. The Labute approximate surface area is 137 Å². The Balaban J connectivity index is 1.54. The second-order valence-electron chi connectivity index (χ2n) is 4.99. The van der Waals surface area contributed by atoms with Gasteiger partial charge in [0.05, 0.1) is 18.2 Å². The Morgan fingerprint density at radius 3 is 2.83 bits per heavy atom. The fraction of sp³-hybridized carbons (Fsp3) is 0. The summed E-state index contributed by atoms with van der Waals surface area (Å²) in [4.78, 5) is 4.57. The Morgan fingerprint density at radius 1 is 1.04 bits per heavy atom. The van der Waals surface area contributed by atoms with Gasteiger partial charge < -0.3 is 4.42 Å². The van der Waals surface area contributed by atoms with Crippen LogP contribution in [-0.2, 0) is 0 Å². The zero-order valence-corrected chi connectivity index (χ0v) is 13.0. The minimum absolute atomic E-state index is 0.698. The Hall–Kier alpha value is -2.92. The lowest BCUT2D eigenvalue weighted by molar-refractivity contribution is 0.560. The first-order valence-corrected chi connectivity index (χ1v) is 8.04. The lowest BCUT2D eigenvalue weighted by atomic mass is 10.1. The van der Waals surface area contributed by atoms with Gasteiger partial charge in [-0.05, 0) is 29.0 Å². The number of rotatable bonds is 4. The van der Waals surface area contributed by atoms with Crippen molar-refractivity contribution in [2.45, 2.75) is 0 Å². The smallest absolute Gasteiger partial charge is 0.203 e. The molecule has 2 heterocycles. The maximum atomic E-state index is 5.18. The van der Waals surface area contributed by atoms with E-state index >= 15 is 0 Å². The van der Waals surface area contributed by atoms with Crippen LogP contribution in [0.3, 0.4) is 0 Å². The number of furan rings is 1. The van der Waals surface area contributed by atoms with E-state index in [-0.39, 0.29) is 0 Å². The molecule has 1 N–H and O–H groups in total. The van der Waals surface area contributed by atoms with Gasteiger partial charge in [0.2, 0.25) is 5.13 Å². The number of fused-ring (bicyclic) bond motifs is 1. The summed E-state index contributed by atoms with van der Waals surface area (Å²) in [5.41, 5.74) is 4.97. The highest BCUT2D eigenvalue weighted by Crippen LogP contribution is 2.27. The molecular weight excluding hydrogens is 306 g/mol. The van der Waals surface area contributed by atoms with Crippen LogP contribution in [0.2, 0.25) is 0 Å². The number of nitrogens with zero attached hydrogens (tertiary/aromatic N) is 2. The van der Waals surface area contributed by atoms with E-state index in [1.807, 2.05) is 29.6 Å². The molecule has 0 amide bonds. The van der Waals surface area contributed by atoms with E-state index in [9.17, 15) is 0 Å². The lowest BCUT2D eigenvalue weighted by Crippen LogP contribution is -1.89. The highest BCUT2D eigenvalue weighted by Gasteiger charge is 2.05. The van der Waals surface area contributed by atoms with E-state index in [4.69, 9.17) is 4.42 Å². The second-order valence-corrected chi connectivity index (χ2v) is 5.84. The Kier molecular flexibility index (Phi) is 3.62. The monoisotopic (exact) mass is 319 g/mol. The SMILES string of the molecule is C(=N\Nc1nc(-c2ccc3ccccc3c2)cs1)/c1ccco1. The first-order valence-electron chi connectivity index (χ1n) is 7.16.